The van der Waals surface area contributed by atoms with Crippen LogP contribution in [-0.4, -0.2) is 60.7 Å². The number of amides is 3. The molecule has 42 heavy (non-hydrogen) atoms. The second-order valence-electron chi connectivity index (χ2n) is 11.9. The molecule has 0 radical (unpaired) electrons. The largest absolute Gasteiger partial charge is 0.444 e. The van der Waals surface area contributed by atoms with Gasteiger partial charge in [0.1, 0.15) is 5.60 Å². The number of thioether (sulfide) groups is 1. The third-order valence-corrected chi connectivity index (χ3v) is 10.2. The average molecular weight is 618 g/mol. The number of nitrogens with one attached hydrogen (secondary N) is 2. The Morgan fingerprint density at radius 2 is 1.93 bits per heavy atom. The van der Waals surface area contributed by atoms with E-state index >= 15 is 0 Å². The zero-order valence-electron chi connectivity index (χ0n) is 25.0. The van der Waals surface area contributed by atoms with Crippen LogP contribution in [0.25, 0.3) is 10.4 Å². The summed E-state index contributed by atoms with van der Waals surface area (Å²) in [7, 11) is 1.62. The molecule has 0 aliphatic carbocycles. The van der Waals surface area contributed by atoms with Gasteiger partial charge in [-0.25, -0.2) is 15.1 Å². The number of benzene rings is 1. The van der Waals surface area contributed by atoms with E-state index in [4.69, 9.17) is 14.3 Å². The van der Waals surface area contributed by atoms with Crippen molar-refractivity contribution < 1.29 is 28.7 Å². The molecule has 2 aliphatic heterocycles. The Labute approximate surface area is 257 Å². The summed E-state index contributed by atoms with van der Waals surface area (Å²) in [6.45, 7) is 6.34. The van der Waals surface area contributed by atoms with E-state index in [2.05, 4.69) is 22.9 Å². The van der Waals surface area contributed by atoms with Crippen LogP contribution in [0.5, 0.6) is 0 Å². The van der Waals surface area contributed by atoms with Crippen molar-refractivity contribution in [2.75, 3.05) is 31.3 Å². The summed E-state index contributed by atoms with van der Waals surface area (Å²) >= 11 is 3.55. The highest BCUT2D eigenvalue weighted by molar-refractivity contribution is 8.00. The molecule has 2 N–H and O–H groups in total. The maximum Gasteiger partial charge on any atom is 0.410 e. The van der Waals surface area contributed by atoms with E-state index in [9.17, 15) is 14.4 Å². The van der Waals surface area contributed by atoms with Crippen LogP contribution in [0.1, 0.15) is 77.0 Å². The van der Waals surface area contributed by atoms with Crippen molar-refractivity contribution in [3.05, 3.63) is 41.3 Å². The molecular weight excluding hydrogens is 574 g/mol. The maximum absolute atomic E-state index is 13.0. The van der Waals surface area contributed by atoms with Gasteiger partial charge in [0, 0.05) is 54.9 Å². The Kier molecular flexibility index (Phi) is 11.3. The van der Waals surface area contributed by atoms with Crippen LogP contribution in [-0.2, 0) is 28.6 Å². The molecule has 3 heterocycles. The van der Waals surface area contributed by atoms with Gasteiger partial charge in [-0.2, -0.15) is 0 Å². The molecule has 0 spiro atoms. The van der Waals surface area contributed by atoms with Gasteiger partial charge in [-0.05, 0) is 82.0 Å². The van der Waals surface area contributed by atoms with E-state index in [1.165, 1.54) is 9.78 Å². The summed E-state index contributed by atoms with van der Waals surface area (Å²) in [4.78, 5) is 47.0. The molecule has 1 aromatic carbocycles. The SMILES string of the molecule is CN(CCC(=O)Nc1cccc(-c2ccc([C@@]3(CC(=O)NOC4CCCCO4)CCCCS3)s2)c1)C(=O)OC(C)(C)C. The van der Waals surface area contributed by atoms with Crippen LogP contribution < -0.4 is 10.8 Å². The minimum Gasteiger partial charge on any atom is -0.444 e. The molecule has 2 aliphatic rings. The fraction of sp³-hybridized carbons (Fsp3) is 0.581. The smallest absolute Gasteiger partial charge is 0.410 e. The zero-order valence-corrected chi connectivity index (χ0v) is 26.7. The highest BCUT2D eigenvalue weighted by Crippen LogP contribution is 2.51. The van der Waals surface area contributed by atoms with E-state index in [-0.39, 0.29) is 35.8 Å². The van der Waals surface area contributed by atoms with Crippen molar-refractivity contribution in [3.8, 4) is 10.4 Å². The number of hydrogen-bond donors (Lipinski definition) is 2. The average Bonchev–Trinajstić information content (AvgIpc) is 3.47. The Morgan fingerprint density at radius 1 is 1.10 bits per heavy atom. The molecule has 0 bridgehead atoms. The van der Waals surface area contributed by atoms with Gasteiger partial charge in [-0.3, -0.25) is 9.59 Å². The lowest BCUT2D eigenvalue weighted by atomic mass is 9.94. The number of hydroxylamine groups is 1. The molecule has 2 saturated heterocycles. The number of carbonyl (C=O) groups excluding carboxylic acids is 3. The molecule has 1 unspecified atom stereocenters. The second-order valence-corrected chi connectivity index (χ2v) is 14.4. The highest BCUT2D eigenvalue weighted by atomic mass is 32.2. The first-order valence-corrected chi connectivity index (χ1v) is 16.5. The summed E-state index contributed by atoms with van der Waals surface area (Å²) < 4.78 is 10.6. The Morgan fingerprint density at radius 3 is 2.64 bits per heavy atom. The summed E-state index contributed by atoms with van der Waals surface area (Å²) in [6, 6.07) is 12.0. The molecule has 2 fully saturated rings. The first-order chi connectivity index (χ1) is 20.0. The first-order valence-electron chi connectivity index (χ1n) is 14.7. The molecule has 2 aromatic rings. The van der Waals surface area contributed by atoms with Crippen molar-refractivity contribution >= 4 is 46.7 Å². The maximum atomic E-state index is 13.0. The van der Waals surface area contributed by atoms with Crippen LogP contribution in [0.3, 0.4) is 0 Å². The zero-order chi connectivity index (χ0) is 30.2. The predicted octanol–water partition coefficient (Wildman–Crippen LogP) is 6.69. The van der Waals surface area contributed by atoms with Gasteiger partial charge < -0.3 is 19.7 Å². The van der Waals surface area contributed by atoms with Crippen LogP contribution in [0.15, 0.2) is 36.4 Å². The van der Waals surface area contributed by atoms with Crippen molar-refractivity contribution in [2.45, 2.75) is 88.8 Å². The van der Waals surface area contributed by atoms with E-state index in [0.29, 0.717) is 18.7 Å². The fourth-order valence-corrected chi connectivity index (χ4v) is 7.80. The lowest BCUT2D eigenvalue weighted by Gasteiger charge is -2.35. The first kappa shape index (κ1) is 32.3. The molecule has 1 aromatic heterocycles. The van der Waals surface area contributed by atoms with Gasteiger partial charge in [-0.1, -0.05) is 18.6 Å². The van der Waals surface area contributed by atoms with Gasteiger partial charge in [0.05, 0.1) is 4.75 Å². The molecular formula is C31H43N3O6S2. The van der Waals surface area contributed by atoms with Gasteiger partial charge in [-0.15, -0.1) is 23.1 Å². The number of anilines is 1. The molecule has 230 valence electrons. The summed E-state index contributed by atoms with van der Waals surface area (Å²) in [5.74, 6) is 0.701. The van der Waals surface area contributed by atoms with Crippen molar-refractivity contribution in [3.63, 3.8) is 0 Å². The van der Waals surface area contributed by atoms with Crippen LogP contribution in [0.4, 0.5) is 10.5 Å². The Hall–Kier alpha value is -2.60. The summed E-state index contributed by atoms with van der Waals surface area (Å²) in [6.07, 6.45) is 5.67. The second kappa shape index (κ2) is 14.7. The number of ether oxygens (including phenoxy) is 2. The van der Waals surface area contributed by atoms with Gasteiger partial charge in [0.2, 0.25) is 11.8 Å². The minimum atomic E-state index is -0.587. The van der Waals surface area contributed by atoms with Gasteiger partial charge in [0.15, 0.2) is 6.29 Å². The quantitative estimate of drug-likeness (QED) is 0.286. The summed E-state index contributed by atoms with van der Waals surface area (Å²) in [5, 5.41) is 2.95. The summed E-state index contributed by atoms with van der Waals surface area (Å²) in [5.41, 5.74) is 3.75. The minimum absolute atomic E-state index is 0.129. The van der Waals surface area contributed by atoms with Crippen LogP contribution in [0.2, 0.25) is 0 Å². The number of rotatable bonds is 10. The van der Waals surface area contributed by atoms with Gasteiger partial charge >= 0.3 is 6.09 Å². The monoisotopic (exact) mass is 617 g/mol. The Balaban J connectivity index is 1.37. The molecule has 0 saturated carbocycles. The van der Waals surface area contributed by atoms with Crippen LogP contribution in [0, 0.1) is 0 Å². The van der Waals surface area contributed by atoms with Crippen LogP contribution >= 0.6 is 23.1 Å². The number of carbonyl (C=O) groups is 3. The van der Waals surface area contributed by atoms with E-state index < -0.39 is 11.7 Å². The van der Waals surface area contributed by atoms with Gasteiger partial charge in [0.25, 0.3) is 0 Å². The van der Waals surface area contributed by atoms with E-state index in [1.807, 2.05) is 56.8 Å². The number of hydrogen-bond acceptors (Lipinski definition) is 8. The predicted molar refractivity (Wildman–Crippen MR) is 167 cm³/mol. The van der Waals surface area contributed by atoms with Crippen molar-refractivity contribution in [1.29, 1.82) is 0 Å². The third kappa shape index (κ3) is 9.45. The van der Waals surface area contributed by atoms with Crippen molar-refractivity contribution in [2.24, 2.45) is 0 Å². The third-order valence-electron chi connectivity index (χ3n) is 7.11. The molecule has 3 amide bonds. The molecule has 4 rings (SSSR count). The van der Waals surface area contributed by atoms with Crippen molar-refractivity contribution in [1.82, 2.24) is 10.4 Å². The molecule has 9 nitrogen and oxygen atoms in total. The van der Waals surface area contributed by atoms with E-state index in [0.717, 1.165) is 54.7 Å². The standard InChI is InChI=1S/C31H43N3O6S2/c1-30(2,3)39-29(37)34(4)17-15-26(35)32-23-11-9-10-22(20-23)24-13-14-25(42-24)31(16-6-8-19-41-31)21-27(36)33-40-28-12-5-7-18-38-28/h9-11,13-14,20,28H,5-8,12,15-19,21H2,1-4H3,(H,32,35)(H,33,36)/t28?,31-/m0/s1. The lowest BCUT2D eigenvalue weighted by molar-refractivity contribution is -0.200. The fourth-order valence-electron chi connectivity index (χ4n) is 4.92. The molecule has 2 atom stereocenters. The topological polar surface area (TPSA) is 106 Å². The highest BCUT2D eigenvalue weighted by Gasteiger charge is 2.38. The van der Waals surface area contributed by atoms with E-state index in [1.54, 1.807) is 18.4 Å². The molecule has 11 heteroatoms. The Bertz CT molecular complexity index is 1220. The number of thiophene rings is 1. The normalized spacial score (nSPS) is 20.9. The number of nitrogens with zero attached hydrogens (tertiary/aromatic N) is 1. The lowest BCUT2D eigenvalue weighted by Crippen LogP contribution is -2.37.